The molecule has 0 radical (unpaired) electrons. The Labute approximate surface area is 160 Å². The highest BCUT2D eigenvalue weighted by atomic mass is 16.5. The van der Waals surface area contributed by atoms with Crippen LogP contribution in [0.25, 0.3) is 0 Å². The van der Waals surface area contributed by atoms with E-state index in [9.17, 15) is 4.79 Å². The van der Waals surface area contributed by atoms with Crippen molar-refractivity contribution in [3.8, 4) is 18.1 Å². The van der Waals surface area contributed by atoms with Gasteiger partial charge in [-0.05, 0) is 54.3 Å². The van der Waals surface area contributed by atoms with Crippen LogP contribution in [0.3, 0.4) is 0 Å². The Morgan fingerprint density at radius 3 is 2.93 bits per heavy atom. The molecule has 1 aliphatic rings. The number of unbranched alkanes of at least 4 members (excludes halogenated alkanes) is 1. The molecule has 3 rings (SSSR count). The van der Waals surface area contributed by atoms with Gasteiger partial charge >= 0.3 is 0 Å². The Kier molecular flexibility index (Phi) is 6.10. The zero-order valence-corrected chi connectivity index (χ0v) is 15.8. The first-order chi connectivity index (χ1) is 13.2. The molecule has 2 aromatic rings. The molecule has 1 aliphatic heterocycles. The maximum absolute atomic E-state index is 12.7. The third kappa shape index (κ3) is 3.96. The van der Waals surface area contributed by atoms with E-state index in [1.54, 1.807) is 18.2 Å². The first-order valence-corrected chi connectivity index (χ1v) is 9.29. The second-order valence-corrected chi connectivity index (χ2v) is 6.61. The van der Waals surface area contributed by atoms with E-state index < -0.39 is 0 Å². The van der Waals surface area contributed by atoms with Crippen molar-refractivity contribution >= 4 is 5.91 Å². The van der Waals surface area contributed by atoms with Gasteiger partial charge in [-0.15, -0.1) is 6.42 Å². The third-order valence-electron chi connectivity index (χ3n) is 4.91. The standard InChI is InChI=1S/C22H25N3O2/c1-4-6-12-24-20-15-16-14-17(27-3)10-11-18(16)22(25(20)21(26)5-2)19-9-7-8-13-23-19/h2,7-11,13-14,20,22,24H,4,6,12,15H2,1,3H3/t20-,22-/m1/s1. The lowest BCUT2D eigenvalue weighted by molar-refractivity contribution is -0.130. The largest absolute Gasteiger partial charge is 0.497 e. The number of hydrogen-bond donors (Lipinski definition) is 1. The van der Waals surface area contributed by atoms with Crippen molar-refractivity contribution in [1.29, 1.82) is 0 Å². The van der Waals surface area contributed by atoms with Crippen molar-refractivity contribution in [1.82, 2.24) is 15.2 Å². The number of hydrogen-bond acceptors (Lipinski definition) is 4. The molecular formula is C22H25N3O2. The fourth-order valence-corrected chi connectivity index (χ4v) is 3.58. The fraction of sp³-hybridized carbons (Fsp3) is 0.364. The molecule has 5 nitrogen and oxygen atoms in total. The summed E-state index contributed by atoms with van der Waals surface area (Å²) in [5, 5.41) is 3.51. The average Bonchev–Trinajstić information content (AvgIpc) is 2.72. The number of benzene rings is 1. The van der Waals surface area contributed by atoms with Gasteiger partial charge in [-0.1, -0.05) is 25.5 Å². The number of nitrogens with one attached hydrogen (secondary N) is 1. The summed E-state index contributed by atoms with van der Waals surface area (Å²) in [6.07, 6.45) is 9.86. The van der Waals surface area contributed by atoms with Gasteiger partial charge in [0.1, 0.15) is 11.8 Å². The highest BCUT2D eigenvalue weighted by molar-refractivity contribution is 5.94. The minimum absolute atomic E-state index is 0.188. The first-order valence-electron chi connectivity index (χ1n) is 9.29. The Hall–Kier alpha value is -2.84. The number of terminal acetylenes is 1. The number of carbonyl (C=O) groups is 1. The number of pyridine rings is 1. The van der Waals surface area contributed by atoms with E-state index in [0.29, 0.717) is 6.42 Å². The highest BCUT2D eigenvalue weighted by Crippen LogP contribution is 2.38. The molecule has 2 heterocycles. The number of amides is 1. The van der Waals surface area contributed by atoms with Crippen LogP contribution < -0.4 is 10.1 Å². The van der Waals surface area contributed by atoms with Crippen molar-refractivity contribution in [3.63, 3.8) is 0 Å². The minimum atomic E-state index is -0.332. The molecule has 0 saturated carbocycles. The van der Waals surface area contributed by atoms with Gasteiger partial charge in [-0.25, -0.2) is 0 Å². The predicted octanol–water partition coefficient (Wildman–Crippen LogP) is 2.91. The zero-order valence-electron chi connectivity index (χ0n) is 15.8. The lowest BCUT2D eigenvalue weighted by Gasteiger charge is -2.42. The van der Waals surface area contributed by atoms with Crippen molar-refractivity contribution in [3.05, 3.63) is 59.4 Å². The average molecular weight is 363 g/mol. The van der Waals surface area contributed by atoms with E-state index in [4.69, 9.17) is 11.2 Å². The topological polar surface area (TPSA) is 54.5 Å². The van der Waals surface area contributed by atoms with Crippen LogP contribution in [-0.2, 0) is 11.2 Å². The molecule has 0 unspecified atom stereocenters. The summed E-state index contributed by atoms with van der Waals surface area (Å²) in [5.74, 6) is 2.77. The summed E-state index contributed by atoms with van der Waals surface area (Å²) < 4.78 is 5.40. The highest BCUT2D eigenvalue weighted by Gasteiger charge is 2.38. The molecule has 0 aliphatic carbocycles. The molecule has 1 aromatic carbocycles. The molecule has 2 atom stereocenters. The molecule has 0 saturated heterocycles. The van der Waals surface area contributed by atoms with Crippen LogP contribution >= 0.6 is 0 Å². The number of fused-ring (bicyclic) bond motifs is 1. The van der Waals surface area contributed by atoms with Gasteiger partial charge in [0.25, 0.3) is 5.91 Å². The van der Waals surface area contributed by atoms with Gasteiger partial charge < -0.3 is 9.64 Å². The smallest absolute Gasteiger partial charge is 0.300 e. The Morgan fingerprint density at radius 2 is 2.26 bits per heavy atom. The minimum Gasteiger partial charge on any atom is -0.497 e. The van der Waals surface area contributed by atoms with Gasteiger partial charge in [0, 0.05) is 12.6 Å². The molecule has 27 heavy (non-hydrogen) atoms. The van der Waals surface area contributed by atoms with Crippen LogP contribution in [0.2, 0.25) is 0 Å². The molecule has 0 fully saturated rings. The Bertz CT molecular complexity index is 829. The van der Waals surface area contributed by atoms with E-state index >= 15 is 0 Å². The summed E-state index contributed by atoms with van der Waals surface area (Å²) in [6.45, 7) is 2.97. The number of carbonyl (C=O) groups excluding carboxylic acids is 1. The van der Waals surface area contributed by atoms with E-state index in [1.807, 2.05) is 36.4 Å². The summed E-state index contributed by atoms with van der Waals surface area (Å²) in [7, 11) is 1.66. The maximum Gasteiger partial charge on any atom is 0.300 e. The van der Waals surface area contributed by atoms with Crippen molar-refractivity contribution < 1.29 is 9.53 Å². The molecule has 1 N–H and O–H groups in total. The second-order valence-electron chi connectivity index (χ2n) is 6.61. The molecule has 0 spiro atoms. The molecule has 1 amide bonds. The van der Waals surface area contributed by atoms with Crippen LogP contribution in [0.5, 0.6) is 5.75 Å². The summed E-state index contributed by atoms with van der Waals surface area (Å²) in [5.41, 5.74) is 2.97. The van der Waals surface area contributed by atoms with Gasteiger partial charge in [0.15, 0.2) is 0 Å². The van der Waals surface area contributed by atoms with Crippen LogP contribution in [-0.4, -0.2) is 35.6 Å². The van der Waals surface area contributed by atoms with Crippen LogP contribution in [0, 0.1) is 12.3 Å². The van der Waals surface area contributed by atoms with Crippen LogP contribution in [0.15, 0.2) is 42.6 Å². The lowest BCUT2D eigenvalue weighted by atomic mass is 9.88. The van der Waals surface area contributed by atoms with Crippen molar-refractivity contribution in [2.24, 2.45) is 0 Å². The molecule has 0 bridgehead atoms. The number of methoxy groups -OCH3 is 1. The quantitative estimate of drug-likeness (QED) is 0.633. The summed E-state index contributed by atoms with van der Waals surface area (Å²) in [4.78, 5) is 19.0. The van der Waals surface area contributed by atoms with Crippen molar-refractivity contribution in [2.45, 2.75) is 38.4 Å². The third-order valence-corrected chi connectivity index (χ3v) is 4.91. The van der Waals surface area contributed by atoms with Gasteiger partial charge in [-0.3, -0.25) is 15.1 Å². The zero-order chi connectivity index (χ0) is 19.2. The van der Waals surface area contributed by atoms with Crippen LogP contribution in [0.1, 0.15) is 42.6 Å². The first kappa shape index (κ1) is 18.9. The molecule has 5 heteroatoms. The predicted molar refractivity (Wildman–Crippen MR) is 105 cm³/mol. The van der Waals surface area contributed by atoms with E-state index in [0.717, 1.165) is 42.0 Å². The Morgan fingerprint density at radius 1 is 1.41 bits per heavy atom. The molecular weight excluding hydrogens is 338 g/mol. The normalized spacial score (nSPS) is 18.5. The van der Waals surface area contributed by atoms with E-state index in [-0.39, 0.29) is 18.1 Å². The van der Waals surface area contributed by atoms with E-state index in [1.165, 1.54) is 0 Å². The number of ether oxygens (including phenoxy) is 1. The van der Waals surface area contributed by atoms with Gasteiger partial charge in [-0.2, -0.15) is 0 Å². The number of rotatable bonds is 6. The van der Waals surface area contributed by atoms with E-state index in [2.05, 4.69) is 23.1 Å². The molecule has 1 aromatic heterocycles. The summed E-state index contributed by atoms with van der Waals surface area (Å²) >= 11 is 0. The Balaban J connectivity index is 2.09. The maximum atomic E-state index is 12.7. The monoisotopic (exact) mass is 363 g/mol. The molecule has 140 valence electrons. The number of aromatic nitrogens is 1. The second kappa shape index (κ2) is 8.70. The summed E-state index contributed by atoms with van der Waals surface area (Å²) in [6, 6.07) is 11.4. The van der Waals surface area contributed by atoms with Gasteiger partial charge in [0.2, 0.25) is 0 Å². The number of nitrogens with zero attached hydrogens (tertiary/aromatic N) is 2. The lowest BCUT2D eigenvalue weighted by Crippen LogP contribution is -2.54. The van der Waals surface area contributed by atoms with Crippen molar-refractivity contribution in [2.75, 3.05) is 13.7 Å². The fourth-order valence-electron chi connectivity index (χ4n) is 3.58. The SMILES string of the molecule is C#CC(=O)N1[C@@H](c2ccccn2)c2ccc(OC)cc2C[C@@H]1NCCCC. The van der Waals surface area contributed by atoms with Crippen LogP contribution in [0.4, 0.5) is 0 Å². The van der Waals surface area contributed by atoms with Gasteiger partial charge in [0.05, 0.1) is 19.0 Å².